The van der Waals surface area contributed by atoms with Crippen LogP contribution in [-0.4, -0.2) is 35.8 Å². The summed E-state index contributed by atoms with van der Waals surface area (Å²) >= 11 is 0. The Balaban J connectivity index is 2.06. The van der Waals surface area contributed by atoms with Gasteiger partial charge < -0.3 is 9.84 Å². The van der Waals surface area contributed by atoms with Crippen molar-refractivity contribution in [2.45, 2.75) is 45.3 Å². The predicted octanol–water partition coefficient (Wildman–Crippen LogP) is 3.34. The molecule has 2 atom stereocenters. The summed E-state index contributed by atoms with van der Waals surface area (Å²) in [6, 6.07) is 8.02. The Labute approximate surface area is 116 Å². The standard InChI is InChI=1S/C16H25NO2/c1-3-16(13-7-9-14(18)10-8-13)17(4-2)12-15-6-5-11-19-15/h7-10,15-16,18H,3-6,11-12H2,1-2H3. The smallest absolute Gasteiger partial charge is 0.115 e. The van der Waals surface area contributed by atoms with Crippen molar-refractivity contribution < 1.29 is 9.84 Å². The van der Waals surface area contributed by atoms with E-state index in [1.807, 2.05) is 12.1 Å². The topological polar surface area (TPSA) is 32.7 Å². The Bertz CT molecular complexity index is 371. The van der Waals surface area contributed by atoms with Crippen LogP contribution in [0.1, 0.15) is 44.7 Å². The maximum absolute atomic E-state index is 9.40. The number of phenolic OH excluding ortho intramolecular Hbond substituents is 1. The van der Waals surface area contributed by atoms with Gasteiger partial charge in [-0.25, -0.2) is 0 Å². The highest BCUT2D eigenvalue weighted by Gasteiger charge is 2.23. The van der Waals surface area contributed by atoms with E-state index in [0.29, 0.717) is 17.9 Å². The van der Waals surface area contributed by atoms with E-state index < -0.39 is 0 Å². The monoisotopic (exact) mass is 263 g/mol. The van der Waals surface area contributed by atoms with Crippen molar-refractivity contribution in [1.82, 2.24) is 4.90 Å². The average molecular weight is 263 g/mol. The van der Waals surface area contributed by atoms with E-state index >= 15 is 0 Å². The molecule has 106 valence electrons. The molecule has 1 aliphatic rings. The summed E-state index contributed by atoms with van der Waals surface area (Å²) in [6.07, 6.45) is 3.85. The summed E-state index contributed by atoms with van der Waals surface area (Å²) in [5.74, 6) is 0.334. The van der Waals surface area contributed by atoms with Crippen LogP contribution < -0.4 is 0 Å². The van der Waals surface area contributed by atoms with Gasteiger partial charge in [-0.3, -0.25) is 4.90 Å². The maximum atomic E-state index is 9.40. The number of nitrogens with zero attached hydrogens (tertiary/aromatic N) is 1. The normalized spacial score (nSPS) is 20.9. The molecule has 19 heavy (non-hydrogen) atoms. The highest BCUT2D eigenvalue weighted by Crippen LogP contribution is 2.27. The number of phenols is 1. The van der Waals surface area contributed by atoms with E-state index in [1.54, 1.807) is 12.1 Å². The first-order valence-electron chi connectivity index (χ1n) is 7.39. The third-order valence-corrected chi connectivity index (χ3v) is 3.97. The van der Waals surface area contributed by atoms with Crippen molar-refractivity contribution in [3.8, 4) is 5.75 Å². The van der Waals surface area contributed by atoms with Crippen LogP contribution in [0.2, 0.25) is 0 Å². The van der Waals surface area contributed by atoms with Crippen LogP contribution in [-0.2, 0) is 4.74 Å². The fourth-order valence-electron chi connectivity index (χ4n) is 2.93. The van der Waals surface area contributed by atoms with Crippen molar-refractivity contribution in [1.29, 1.82) is 0 Å². The van der Waals surface area contributed by atoms with Gasteiger partial charge in [0, 0.05) is 19.2 Å². The van der Waals surface area contributed by atoms with Crippen molar-refractivity contribution >= 4 is 0 Å². The minimum atomic E-state index is 0.334. The quantitative estimate of drug-likeness (QED) is 0.854. The Morgan fingerprint density at radius 3 is 2.58 bits per heavy atom. The fraction of sp³-hybridized carbons (Fsp3) is 0.625. The van der Waals surface area contributed by atoms with Gasteiger partial charge in [0.15, 0.2) is 0 Å². The Hall–Kier alpha value is -1.06. The number of hydrogen-bond donors (Lipinski definition) is 1. The molecule has 0 radical (unpaired) electrons. The lowest BCUT2D eigenvalue weighted by Gasteiger charge is -2.32. The Morgan fingerprint density at radius 1 is 1.32 bits per heavy atom. The van der Waals surface area contributed by atoms with Gasteiger partial charge in [-0.05, 0) is 43.5 Å². The molecule has 1 aromatic carbocycles. The molecule has 2 unspecified atom stereocenters. The van der Waals surface area contributed by atoms with Gasteiger partial charge in [0.25, 0.3) is 0 Å². The second kappa shape index (κ2) is 6.92. The van der Waals surface area contributed by atoms with Crippen molar-refractivity contribution in [2.24, 2.45) is 0 Å². The van der Waals surface area contributed by atoms with Crippen LogP contribution in [0.5, 0.6) is 5.75 Å². The first-order valence-corrected chi connectivity index (χ1v) is 7.39. The molecule has 0 saturated carbocycles. The molecule has 1 aromatic rings. The molecule has 0 aliphatic carbocycles. The molecule has 2 rings (SSSR count). The zero-order valence-corrected chi connectivity index (χ0v) is 12.0. The zero-order chi connectivity index (χ0) is 13.7. The lowest BCUT2D eigenvalue weighted by atomic mass is 10.0. The van der Waals surface area contributed by atoms with Crippen LogP contribution >= 0.6 is 0 Å². The number of aromatic hydroxyl groups is 1. The number of rotatable bonds is 6. The molecule has 0 spiro atoms. The molecule has 0 aromatic heterocycles. The molecule has 0 bridgehead atoms. The summed E-state index contributed by atoms with van der Waals surface area (Å²) in [5, 5.41) is 9.40. The third-order valence-electron chi connectivity index (χ3n) is 3.97. The van der Waals surface area contributed by atoms with E-state index in [9.17, 15) is 5.11 Å². The second-order valence-corrected chi connectivity index (χ2v) is 5.24. The first-order chi connectivity index (χ1) is 9.24. The summed E-state index contributed by atoms with van der Waals surface area (Å²) in [5.41, 5.74) is 1.28. The molecule has 3 nitrogen and oxygen atoms in total. The summed E-state index contributed by atoms with van der Waals surface area (Å²) in [4.78, 5) is 2.49. The molecule has 1 aliphatic heterocycles. The van der Waals surface area contributed by atoms with Gasteiger partial charge in [0.05, 0.1) is 6.10 Å². The summed E-state index contributed by atoms with van der Waals surface area (Å²) in [6.45, 7) is 7.38. The predicted molar refractivity (Wildman–Crippen MR) is 77.4 cm³/mol. The maximum Gasteiger partial charge on any atom is 0.115 e. The van der Waals surface area contributed by atoms with E-state index in [2.05, 4.69) is 18.7 Å². The van der Waals surface area contributed by atoms with Crippen LogP contribution in [0.25, 0.3) is 0 Å². The zero-order valence-electron chi connectivity index (χ0n) is 12.0. The highest BCUT2D eigenvalue weighted by molar-refractivity contribution is 5.28. The van der Waals surface area contributed by atoms with Crippen LogP contribution in [0.4, 0.5) is 0 Å². The molecule has 1 saturated heterocycles. The van der Waals surface area contributed by atoms with Crippen LogP contribution in [0, 0.1) is 0 Å². The lowest BCUT2D eigenvalue weighted by Crippen LogP contribution is -2.35. The van der Waals surface area contributed by atoms with Gasteiger partial charge in [0.2, 0.25) is 0 Å². The largest absolute Gasteiger partial charge is 0.508 e. The van der Waals surface area contributed by atoms with E-state index in [1.165, 1.54) is 18.4 Å². The number of ether oxygens (including phenoxy) is 1. The second-order valence-electron chi connectivity index (χ2n) is 5.24. The van der Waals surface area contributed by atoms with Crippen molar-refractivity contribution in [2.75, 3.05) is 19.7 Å². The molecule has 3 heteroatoms. The van der Waals surface area contributed by atoms with E-state index in [4.69, 9.17) is 4.74 Å². The number of likely N-dealkylation sites (N-methyl/N-ethyl adjacent to an activating group) is 1. The Morgan fingerprint density at radius 2 is 2.05 bits per heavy atom. The molecule has 0 amide bonds. The Kier molecular flexibility index (Phi) is 5.23. The van der Waals surface area contributed by atoms with Crippen LogP contribution in [0.3, 0.4) is 0 Å². The van der Waals surface area contributed by atoms with Crippen molar-refractivity contribution in [3.05, 3.63) is 29.8 Å². The average Bonchev–Trinajstić information content (AvgIpc) is 2.93. The van der Waals surface area contributed by atoms with Gasteiger partial charge in [-0.1, -0.05) is 26.0 Å². The van der Waals surface area contributed by atoms with Gasteiger partial charge in [0.1, 0.15) is 5.75 Å². The van der Waals surface area contributed by atoms with Gasteiger partial charge >= 0.3 is 0 Å². The molecule has 1 heterocycles. The molecular weight excluding hydrogens is 238 g/mol. The minimum Gasteiger partial charge on any atom is -0.508 e. The molecule has 1 fully saturated rings. The molecular formula is C16H25NO2. The minimum absolute atomic E-state index is 0.334. The highest BCUT2D eigenvalue weighted by atomic mass is 16.5. The van der Waals surface area contributed by atoms with E-state index in [0.717, 1.165) is 26.1 Å². The first kappa shape index (κ1) is 14.4. The number of hydrogen-bond acceptors (Lipinski definition) is 3. The van der Waals surface area contributed by atoms with Crippen LogP contribution in [0.15, 0.2) is 24.3 Å². The third kappa shape index (κ3) is 3.71. The van der Waals surface area contributed by atoms with Gasteiger partial charge in [-0.15, -0.1) is 0 Å². The number of benzene rings is 1. The fourth-order valence-corrected chi connectivity index (χ4v) is 2.93. The van der Waals surface area contributed by atoms with E-state index in [-0.39, 0.29) is 0 Å². The lowest BCUT2D eigenvalue weighted by molar-refractivity contribution is 0.0579. The summed E-state index contributed by atoms with van der Waals surface area (Å²) < 4.78 is 5.75. The molecule has 1 N–H and O–H groups in total. The SMILES string of the molecule is CCC(c1ccc(O)cc1)N(CC)CC1CCCO1. The summed E-state index contributed by atoms with van der Waals surface area (Å²) in [7, 11) is 0. The van der Waals surface area contributed by atoms with Gasteiger partial charge in [-0.2, -0.15) is 0 Å². The van der Waals surface area contributed by atoms with Crippen molar-refractivity contribution in [3.63, 3.8) is 0 Å².